The van der Waals surface area contributed by atoms with Crippen LogP contribution >= 0.6 is 0 Å². The first kappa shape index (κ1) is 24.3. The van der Waals surface area contributed by atoms with Gasteiger partial charge in [-0.3, -0.25) is 4.98 Å². The molecule has 37 heavy (non-hydrogen) atoms. The van der Waals surface area contributed by atoms with Crippen LogP contribution in [0.2, 0.25) is 0 Å². The molecule has 0 atom stereocenters. The minimum Gasteiger partial charge on any atom is -0.361 e. The average molecular weight is 485 g/mol. The molecule has 0 saturated heterocycles. The second-order valence-corrected chi connectivity index (χ2v) is 9.08. The van der Waals surface area contributed by atoms with Gasteiger partial charge < -0.3 is 10.2 Å². The van der Waals surface area contributed by atoms with Crippen LogP contribution in [0, 0.1) is 0 Å². The molecule has 0 radical (unpaired) electrons. The summed E-state index contributed by atoms with van der Waals surface area (Å²) in [5.41, 5.74) is 6.26. The van der Waals surface area contributed by atoms with Gasteiger partial charge in [0, 0.05) is 34.9 Å². The minimum atomic E-state index is -0.308. The number of rotatable bonds is 9. The Bertz CT molecular complexity index is 1360. The van der Waals surface area contributed by atoms with Gasteiger partial charge in [0.05, 0.1) is 16.9 Å². The van der Waals surface area contributed by atoms with Gasteiger partial charge in [-0.1, -0.05) is 74.5 Å². The maximum Gasteiger partial charge on any atom is 0.126 e. The predicted molar refractivity (Wildman–Crippen MR) is 154 cm³/mol. The van der Waals surface area contributed by atoms with Crippen molar-refractivity contribution < 1.29 is 0 Å². The third-order valence-corrected chi connectivity index (χ3v) is 6.99. The molecule has 2 heterocycles. The zero-order valence-corrected chi connectivity index (χ0v) is 21.4. The summed E-state index contributed by atoms with van der Waals surface area (Å²) in [5.74, 6) is 0.851. The van der Waals surface area contributed by atoms with Crippen LogP contribution in [0.3, 0.4) is 0 Å². The maximum absolute atomic E-state index is 4.79. The number of nitrogens with zero attached hydrogens (tertiary/aromatic N) is 3. The first-order valence-electron chi connectivity index (χ1n) is 12.9. The molecule has 0 aliphatic heterocycles. The lowest BCUT2D eigenvalue weighted by Gasteiger charge is -2.38. The summed E-state index contributed by atoms with van der Waals surface area (Å²) in [6, 6.07) is 39.9. The van der Waals surface area contributed by atoms with Gasteiger partial charge in [0.1, 0.15) is 5.82 Å². The van der Waals surface area contributed by atoms with Crippen LogP contribution in [-0.2, 0) is 5.54 Å². The third kappa shape index (κ3) is 5.10. The van der Waals surface area contributed by atoms with Gasteiger partial charge in [0.15, 0.2) is 0 Å². The quantitative estimate of drug-likeness (QED) is 0.227. The van der Waals surface area contributed by atoms with E-state index in [9.17, 15) is 0 Å². The van der Waals surface area contributed by atoms with Gasteiger partial charge in [-0.2, -0.15) is 0 Å². The van der Waals surface area contributed by atoms with Crippen LogP contribution in [0.1, 0.15) is 32.3 Å². The van der Waals surface area contributed by atoms with Crippen molar-refractivity contribution >= 4 is 22.9 Å². The molecule has 0 unspecified atom stereocenters. The Hall–Kier alpha value is -4.44. The van der Waals surface area contributed by atoms with Gasteiger partial charge in [-0.25, -0.2) is 4.98 Å². The first-order chi connectivity index (χ1) is 18.2. The Morgan fingerprint density at radius 3 is 1.84 bits per heavy atom. The smallest absolute Gasteiger partial charge is 0.126 e. The molecular formula is C33H32N4. The molecule has 0 bridgehead atoms. The Morgan fingerprint density at radius 2 is 1.27 bits per heavy atom. The second kappa shape index (κ2) is 11.1. The summed E-state index contributed by atoms with van der Waals surface area (Å²) >= 11 is 0. The highest BCUT2D eigenvalue weighted by atomic mass is 15.2. The fourth-order valence-corrected chi connectivity index (χ4v) is 4.93. The molecule has 1 N–H and O–H groups in total. The molecule has 0 fully saturated rings. The highest BCUT2D eigenvalue weighted by Gasteiger charge is 2.33. The third-order valence-electron chi connectivity index (χ3n) is 6.99. The lowest BCUT2D eigenvalue weighted by atomic mass is 9.83. The van der Waals surface area contributed by atoms with Crippen LogP contribution in [-0.4, -0.2) is 9.97 Å². The Kier molecular flexibility index (Phi) is 7.27. The van der Waals surface area contributed by atoms with E-state index in [0.29, 0.717) is 0 Å². The fraction of sp³-hybridized carbons (Fsp3) is 0.152. The molecule has 3 aromatic carbocycles. The Labute approximate surface area is 219 Å². The van der Waals surface area contributed by atoms with E-state index in [2.05, 4.69) is 126 Å². The van der Waals surface area contributed by atoms with Gasteiger partial charge in [0.2, 0.25) is 0 Å². The van der Waals surface area contributed by atoms with Crippen LogP contribution in [0.15, 0.2) is 128 Å². The van der Waals surface area contributed by atoms with Crippen LogP contribution in [0.5, 0.6) is 0 Å². The topological polar surface area (TPSA) is 41.1 Å². The van der Waals surface area contributed by atoms with E-state index >= 15 is 0 Å². The van der Waals surface area contributed by atoms with E-state index in [1.54, 1.807) is 0 Å². The zero-order valence-electron chi connectivity index (χ0n) is 21.4. The molecule has 4 heteroatoms. The van der Waals surface area contributed by atoms with Crippen LogP contribution in [0.25, 0.3) is 11.3 Å². The molecule has 0 aliphatic rings. The van der Waals surface area contributed by atoms with Crippen molar-refractivity contribution in [3.05, 3.63) is 133 Å². The Balaban J connectivity index is 1.57. The van der Waals surface area contributed by atoms with Crippen molar-refractivity contribution in [1.29, 1.82) is 0 Å². The average Bonchev–Trinajstić information content (AvgIpc) is 2.98. The number of pyridine rings is 2. The summed E-state index contributed by atoms with van der Waals surface area (Å²) in [4.78, 5) is 11.6. The van der Waals surface area contributed by atoms with E-state index < -0.39 is 0 Å². The summed E-state index contributed by atoms with van der Waals surface area (Å²) in [7, 11) is 0. The number of nitrogens with one attached hydrogen (secondary N) is 1. The zero-order chi connectivity index (χ0) is 25.5. The van der Waals surface area contributed by atoms with Crippen molar-refractivity contribution in [2.45, 2.75) is 32.2 Å². The number of hydrogen-bond acceptors (Lipinski definition) is 4. The number of hydrogen-bond donors (Lipinski definition) is 1. The van der Waals surface area contributed by atoms with Crippen molar-refractivity contribution in [3.63, 3.8) is 0 Å². The standard InChI is InChI=1S/C33H32N4/c1-3-33(4-2,36-32-23-22-26(25-35-32)30-20-13-14-24-34-30)29-19-11-12-21-31(29)37(27-15-7-5-8-16-27)28-17-9-6-10-18-28/h5-25H,3-4H2,1-2H3,(H,35,36). The molecule has 4 nitrogen and oxygen atoms in total. The van der Waals surface area contributed by atoms with Crippen LogP contribution in [0.4, 0.5) is 22.9 Å². The van der Waals surface area contributed by atoms with Crippen molar-refractivity contribution in [2.75, 3.05) is 10.2 Å². The molecular weight excluding hydrogens is 452 g/mol. The summed E-state index contributed by atoms with van der Waals surface area (Å²) in [6.07, 6.45) is 5.51. The van der Waals surface area contributed by atoms with E-state index in [0.717, 1.165) is 47.0 Å². The lowest BCUT2D eigenvalue weighted by Crippen LogP contribution is -2.36. The minimum absolute atomic E-state index is 0.308. The van der Waals surface area contributed by atoms with E-state index in [4.69, 9.17) is 4.98 Å². The van der Waals surface area contributed by atoms with Gasteiger partial charge >= 0.3 is 0 Å². The van der Waals surface area contributed by atoms with Crippen molar-refractivity contribution in [2.24, 2.45) is 0 Å². The fourth-order valence-electron chi connectivity index (χ4n) is 4.93. The predicted octanol–water partition coefficient (Wildman–Crippen LogP) is 8.74. The van der Waals surface area contributed by atoms with E-state index in [1.165, 1.54) is 5.56 Å². The summed E-state index contributed by atoms with van der Waals surface area (Å²) in [5, 5.41) is 3.83. The molecule has 0 spiro atoms. The molecule has 0 aliphatic carbocycles. The van der Waals surface area contributed by atoms with Crippen molar-refractivity contribution in [3.8, 4) is 11.3 Å². The highest BCUT2D eigenvalue weighted by Crippen LogP contribution is 2.43. The van der Waals surface area contributed by atoms with E-state index in [-0.39, 0.29) is 5.54 Å². The maximum atomic E-state index is 4.79. The number of para-hydroxylation sites is 3. The molecule has 5 rings (SSSR count). The van der Waals surface area contributed by atoms with Gasteiger partial charge in [-0.15, -0.1) is 0 Å². The number of benzene rings is 3. The monoisotopic (exact) mass is 484 g/mol. The van der Waals surface area contributed by atoms with Crippen LogP contribution < -0.4 is 10.2 Å². The highest BCUT2D eigenvalue weighted by molar-refractivity contribution is 5.79. The summed E-state index contributed by atoms with van der Waals surface area (Å²) in [6.45, 7) is 4.48. The van der Waals surface area contributed by atoms with Gasteiger partial charge in [-0.05, 0) is 67.4 Å². The van der Waals surface area contributed by atoms with Crippen molar-refractivity contribution in [1.82, 2.24) is 9.97 Å². The lowest BCUT2D eigenvalue weighted by molar-refractivity contribution is 0.454. The largest absolute Gasteiger partial charge is 0.361 e. The van der Waals surface area contributed by atoms with E-state index in [1.807, 2.05) is 30.6 Å². The molecule has 0 saturated carbocycles. The summed E-state index contributed by atoms with van der Waals surface area (Å²) < 4.78 is 0. The molecule has 0 amide bonds. The normalized spacial score (nSPS) is 11.2. The Morgan fingerprint density at radius 1 is 0.649 bits per heavy atom. The molecule has 184 valence electrons. The van der Waals surface area contributed by atoms with Gasteiger partial charge in [0.25, 0.3) is 0 Å². The first-order valence-corrected chi connectivity index (χ1v) is 12.9. The SMILES string of the molecule is CCC(CC)(Nc1ccc(-c2ccccn2)cn1)c1ccccc1N(c1ccccc1)c1ccccc1. The number of aromatic nitrogens is 2. The second-order valence-electron chi connectivity index (χ2n) is 9.08. The molecule has 2 aromatic heterocycles. The number of anilines is 4. The molecule has 5 aromatic rings.